The molecule has 0 saturated heterocycles. The first-order valence-electron chi connectivity index (χ1n) is 6.66. The Hall–Kier alpha value is -0.450. The van der Waals surface area contributed by atoms with Gasteiger partial charge in [-0.25, -0.2) is 4.98 Å². The van der Waals surface area contributed by atoms with Gasteiger partial charge in [-0.1, -0.05) is 13.8 Å². The van der Waals surface area contributed by atoms with Crippen molar-refractivity contribution in [2.24, 2.45) is 5.92 Å². The number of rotatable bonds is 7. The highest BCUT2D eigenvalue weighted by Crippen LogP contribution is 2.18. The molecule has 3 nitrogen and oxygen atoms in total. The fourth-order valence-electron chi connectivity index (χ4n) is 1.87. The minimum absolute atomic E-state index is 0.613. The molecule has 0 aromatic carbocycles. The summed E-state index contributed by atoms with van der Waals surface area (Å²) >= 11 is 1.73. The highest BCUT2D eigenvalue weighted by Gasteiger charge is 2.20. The average molecular weight is 270 g/mol. The highest BCUT2D eigenvalue weighted by atomic mass is 32.1. The van der Waals surface area contributed by atoms with Gasteiger partial charge >= 0.3 is 0 Å². The molecule has 0 spiro atoms. The lowest BCUT2D eigenvalue weighted by atomic mass is 9.95. The normalized spacial score (nSPS) is 15.1. The first-order chi connectivity index (χ1) is 8.30. The number of hydrogen-bond donors (Lipinski definition) is 2. The van der Waals surface area contributed by atoms with E-state index in [2.05, 4.69) is 24.1 Å². The molecule has 1 aromatic rings. The van der Waals surface area contributed by atoms with Gasteiger partial charge in [-0.15, -0.1) is 11.3 Å². The summed E-state index contributed by atoms with van der Waals surface area (Å²) in [6, 6.07) is 0. The van der Waals surface area contributed by atoms with Crippen LogP contribution in [-0.4, -0.2) is 22.2 Å². The van der Waals surface area contributed by atoms with Gasteiger partial charge in [-0.05, 0) is 39.5 Å². The maximum Gasteiger partial charge on any atom is 0.0900 e. The molecule has 0 saturated carbocycles. The molecule has 2 N–H and O–H groups in total. The number of nitrogens with zero attached hydrogens (tertiary/aromatic N) is 1. The van der Waals surface area contributed by atoms with Crippen LogP contribution in [0.4, 0.5) is 0 Å². The summed E-state index contributed by atoms with van der Waals surface area (Å²) in [4.78, 5) is 5.67. The van der Waals surface area contributed by atoms with Gasteiger partial charge in [0, 0.05) is 18.0 Å². The molecule has 1 rings (SSSR count). The SMILES string of the molecule is Cc1nc(C)c(CNCC(C)(O)CCC(C)C)s1. The zero-order chi connectivity index (χ0) is 13.8. The summed E-state index contributed by atoms with van der Waals surface area (Å²) in [6.45, 7) is 11.8. The monoisotopic (exact) mass is 270 g/mol. The van der Waals surface area contributed by atoms with Gasteiger partial charge in [0.1, 0.15) is 0 Å². The molecule has 1 unspecified atom stereocenters. The van der Waals surface area contributed by atoms with Crippen molar-refractivity contribution >= 4 is 11.3 Å². The van der Waals surface area contributed by atoms with E-state index >= 15 is 0 Å². The second-order valence-electron chi connectivity index (χ2n) is 5.77. The lowest BCUT2D eigenvalue weighted by Crippen LogP contribution is -2.37. The van der Waals surface area contributed by atoms with Crippen molar-refractivity contribution < 1.29 is 5.11 Å². The quantitative estimate of drug-likeness (QED) is 0.800. The maximum atomic E-state index is 10.2. The van der Waals surface area contributed by atoms with Crippen molar-refractivity contribution in [2.75, 3.05) is 6.54 Å². The second-order valence-corrected chi connectivity index (χ2v) is 7.06. The third kappa shape index (κ3) is 5.46. The molecular weight excluding hydrogens is 244 g/mol. The molecule has 0 aliphatic carbocycles. The van der Waals surface area contributed by atoms with E-state index in [-0.39, 0.29) is 0 Å². The highest BCUT2D eigenvalue weighted by molar-refractivity contribution is 7.11. The van der Waals surface area contributed by atoms with Crippen molar-refractivity contribution in [3.8, 4) is 0 Å². The lowest BCUT2D eigenvalue weighted by molar-refractivity contribution is 0.0451. The van der Waals surface area contributed by atoms with Crippen LogP contribution in [0.1, 0.15) is 49.2 Å². The van der Waals surface area contributed by atoms with E-state index in [9.17, 15) is 5.11 Å². The molecule has 1 aromatic heterocycles. The Balaban J connectivity index is 2.34. The minimum Gasteiger partial charge on any atom is -0.389 e. The smallest absolute Gasteiger partial charge is 0.0900 e. The first kappa shape index (κ1) is 15.6. The molecule has 0 fully saturated rings. The predicted octanol–water partition coefficient (Wildman–Crippen LogP) is 3.04. The van der Waals surface area contributed by atoms with E-state index in [1.165, 1.54) is 4.88 Å². The Morgan fingerprint density at radius 1 is 1.39 bits per heavy atom. The number of nitrogens with one attached hydrogen (secondary N) is 1. The molecule has 0 bridgehead atoms. The molecule has 1 atom stereocenters. The van der Waals surface area contributed by atoms with Crippen LogP contribution in [0.15, 0.2) is 0 Å². The Bertz CT molecular complexity index is 372. The molecule has 0 amide bonds. The fourth-order valence-corrected chi connectivity index (χ4v) is 2.78. The first-order valence-corrected chi connectivity index (χ1v) is 7.48. The van der Waals surface area contributed by atoms with Crippen molar-refractivity contribution in [3.63, 3.8) is 0 Å². The Morgan fingerprint density at radius 2 is 2.06 bits per heavy atom. The van der Waals surface area contributed by atoms with Crippen LogP contribution in [0.2, 0.25) is 0 Å². The van der Waals surface area contributed by atoms with E-state index in [0.717, 1.165) is 30.1 Å². The van der Waals surface area contributed by atoms with Crippen molar-refractivity contribution in [3.05, 3.63) is 15.6 Å². The van der Waals surface area contributed by atoms with Crippen molar-refractivity contribution in [1.29, 1.82) is 0 Å². The maximum absolute atomic E-state index is 10.2. The van der Waals surface area contributed by atoms with Gasteiger partial charge in [0.05, 0.1) is 16.3 Å². The van der Waals surface area contributed by atoms with E-state index in [0.29, 0.717) is 12.5 Å². The number of aryl methyl sites for hydroxylation is 2. The molecular formula is C14H26N2OS. The van der Waals surface area contributed by atoms with Crippen LogP contribution < -0.4 is 5.32 Å². The van der Waals surface area contributed by atoms with Gasteiger partial charge in [0.25, 0.3) is 0 Å². The molecule has 18 heavy (non-hydrogen) atoms. The fraction of sp³-hybridized carbons (Fsp3) is 0.786. The molecule has 0 radical (unpaired) electrons. The van der Waals surface area contributed by atoms with Crippen LogP contribution in [0.25, 0.3) is 0 Å². The van der Waals surface area contributed by atoms with Gasteiger partial charge in [0.2, 0.25) is 0 Å². The Kier molecular flexibility index (Phi) is 5.76. The van der Waals surface area contributed by atoms with Crippen molar-refractivity contribution in [1.82, 2.24) is 10.3 Å². The zero-order valence-corrected chi connectivity index (χ0v) is 13.0. The summed E-state index contributed by atoms with van der Waals surface area (Å²) in [6.07, 6.45) is 1.91. The number of thiazole rings is 1. The van der Waals surface area contributed by atoms with Crippen LogP contribution in [-0.2, 0) is 6.54 Å². The minimum atomic E-state index is -0.613. The summed E-state index contributed by atoms with van der Waals surface area (Å²) in [5.74, 6) is 0.642. The van der Waals surface area contributed by atoms with Crippen LogP contribution in [0, 0.1) is 19.8 Å². The predicted molar refractivity (Wildman–Crippen MR) is 78.0 cm³/mol. The third-order valence-electron chi connectivity index (χ3n) is 3.05. The second kappa shape index (κ2) is 6.64. The topological polar surface area (TPSA) is 45.2 Å². The standard InChI is InChI=1S/C14H26N2OS/c1-10(2)6-7-14(5,17)9-15-8-13-11(3)16-12(4)18-13/h10,15,17H,6-9H2,1-5H3. The van der Waals surface area contributed by atoms with E-state index in [1.54, 1.807) is 11.3 Å². The van der Waals surface area contributed by atoms with Gasteiger partial charge in [-0.2, -0.15) is 0 Å². The largest absolute Gasteiger partial charge is 0.389 e. The van der Waals surface area contributed by atoms with E-state index < -0.39 is 5.60 Å². The van der Waals surface area contributed by atoms with Crippen molar-refractivity contribution in [2.45, 2.75) is 59.6 Å². The molecule has 0 aliphatic rings. The van der Waals surface area contributed by atoms with E-state index in [1.807, 2.05) is 20.8 Å². The lowest BCUT2D eigenvalue weighted by Gasteiger charge is -2.24. The Morgan fingerprint density at radius 3 is 2.56 bits per heavy atom. The Labute approximate surface area is 115 Å². The van der Waals surface area contributed by atoms with Gasteiger partial charge in [-0.3, -0.25) is 0 Å². The van der Waals surface area contributed by atoms with Gasteiger partial charge in [0.15, 0.2) is 0 Å². The molecule has 104 valence electrons. The molecule has 4 heteroatoms. The van der Waals surface area contributed by atoms with Gasteiger partial charge < -0.3 is 10.4 Å². The molecule has 1 heterocycles. The number of aromatic nitrogens is 1. The van der Waals surface area contributed by atoms with Crippen LogP contribution in [0.3, 0.4) is 0 Å². The number of hydrogen-bond acceptors (Lipinski definition) is 4. The average Bonchev–Trinajstić information content (AvgIpc) is 2.55. The summed E-state index contributed by atoms with van der Waals surface area (Å²) in [5, 5.41) is 14.7. The third-order valence-corrected chi connectivity index (χ3v) is 4.12. The van der Waals surface area contributed by atoms with Crippen LogP contribution in [0.5, 0.6) is 0 Å². The van der Waals surface area contributed by atoms with E-state index in [4.69, 9.17) is 0 Å². The number of aliphatic hydroxyl groups is 1. The molecule has 0 aliphatic heterocycles. The summed E-state index contributed by atoms with van der Waals surface area (Å²) in [5.41, 5.74) is 0.490. The van der Waals surface area contributed by atoms with Crippen LogP contribution >= 0.6 is 11.3 Å². The zero-order valence-electron chi connectivity index (χ0n) is 12.2. The summed E-state index contributed by atoms with van der Waals surface area (Å²) < 4.78 is 0. The summed E-state index contributed by atoms with van der Waals surface area (Å²) in [7, 11) is 0.